The van der Waals surface area contributed by atoms with Gasteiger partial charge in [-0.3, -0.25) is 4.18 Å². The Labute approximate surface area is 143 Å². The van der Waals surface area contributed by atoms with Crippen molar-refractivity contribution >= 4 is 16.4 Å². The van der Waals surface area contributed by atoms with Crippen LogP contribution >= 0.6 is 0 Å². The topological polar surface area (TPSA) is 83.9 Å². The molecule has 0 spiro atoms. The molecule has 1 atom stereocenters. The van der Waals surface area contributed by atoms with E-state index in [0.29, 0.717) is 5.56 Å². The van der Waals surface area contributed by atoms with Gasteiger partial charge >= 0.3 is 22.6 Å². The Kier molecular flexibility index (Phi) is 4.58. The first-order valence-corrected chi connectivity index (χ1v) is 8.66. The van der Waals surface area contributed by atoms with Crippen LogP contribution in [0.2, 0.25) is 0 Å². The second kappa shape index (κ2) is 5.87. The van der Waals surface area contributed by atoms with Gasteiger partial charge in [-0.25, -0.2) is 4.79 Å². The SMILES string of the molecule is CC(C)(C)[C@@]1(Cc2ccc(C(F)(F)F)cc2)COS(=O)(=O)N1C(=O)O. The normalized spacial score (nSPS) is 23.7. The molecule has 0 unspecified atom stereocenters. The van der Waals surface area contributed by atoms with Crippen molar-refractivity contribution in [3.8, 4) is 0 Å². The van der Waals surface area contributed by atoms with Crippen LogP contribution in [0.4, 0.5) is 18.0 Å². The van der Waals surface area contributed by atoms with E-state index in [1.807, 2.05) is 0 Å². The molecule has 2 rings (SSSR count). The summed E-state index contributed by atoms with van der Waals surface area (Å²) in [4.78, 5) is 11.6. The minimum atomic E-state index is -4.49. The van der Waals surface area contributed by atoms with Crippen molar-refractivity contribution in [1.29, 1.82) is 0 Å². The Bertz CT molecular complexity index is 768. The van der Waals surface area contributed by atoms with Gasteiger partial charge in [-0.2, -0.15) is 25.9 Å². The van der Waals surface area contributed by atoms with E-state index in [1.165, 1.54) is 12.1 Å². The average molecular weight is 381 g/mol. The number of alkyl halides is 3. The van der Waals surface area contributed by atoms with Crippen LogP contribution in [0.1, 0.15) is 31.9 Å². The Morgan fingerprint density at radius 2 is 1.76 bits per heavy atom. The highest BCUT2D eigenvalue weighted by molar-refractivity contribution is 7.85. The summed E-state index contributed by atoms with van der Waals surface area (Å²) in [6.45, 7) is 4.54. The summed E-state index contributed by atoms with van der Waals surface area (Å²) in [6, 6.07) is 4.17. The fourth-order valence-electron chi connectivity index (χ4n) is 2.83. The van der Waals surface area contributed by atoms with Crippen LogP contribution in [-0.2, 0) is 27.1 Å². The third kappa shape index (κ3) is 3.45. The monoisotopic (exact) mass is 381 g/mol. The molecule has 140 valence electrons. The lowest BCUT2D eigenvalue weighted by Crippen LogP contribution is -2.59. The number of amides is 1. The van der Waals surface area contributed by atoms with Crippen LogP contribution in [0.3, 0.4) is 0 Å². The predicted octanol–water partition coefficient (Wildman–Crippen LogP) is 3.29. The van der Waals surface area contributed by atoms with Crippen molar-refractivity contribution in [3.63, 3.8) is 0 Å². The third-order valence-electron chi connectivity index (χ3n) is 4.41. The first-order valence-electron chi connectivity index (χ1n) is 7.30. The summed E-state index contributed by atoms with van der Waals surface area (Å²) < 4.78 is 67.1. The Morgan fingerprint density at radius 1 is 1.24 bits per heavy atom. The van der Waals surface area contributed by atoms with E-state index >= 15 is 0 Å². The number of carbonyl (C=O) groups is 1. The van der Waals surface area contributed by atoms with Crippen LogP contribution in [0.15, 0.2) is 24.3 Å². The molecule has 0 saturated carbocycles. The average Bonchev–Trinajstić information content (AvgIpc) is 2.70. The van der Waals surface area contributed by atoms with Crippen molar-refractivity contribution in [2.45, 2.75) is 38.9 Å². The van der Waals surface area contributed by atoms with Gasteiger partial charge in [-0.15, -0.1) is 0 Å². The summed E-state index contributed by atoms with van der Waals surface area (Å²) in [6.07, 6.45) is -6.30. The van der Waals surface area contributed by atoms with Crippen LogP contribution in [0.25, 0.3) is 0 Å². The van der Waals surface area contributed by atoms with Gasteiger partial charge in [0.1, 0.15) is 0 Å². The lowest BCUT2D eigenvalue weighted by Gasteiger charge is -2.43. The maximum Gasteiger partial charge on any atom is 0.423 e. The summed E-state index contributed by atoms with van der Waals surface area (Å²) >= 11 is 0. The standard InChI is InChI=1S/C15H18F3NO5S/c1-13(2,3)14(9-24-25(22,23)19(14)12(20)21)8-10-4-6-11(7-5-10)15(16,17)18/h4-7H,8-9H2,1-3H3,(H,20,21)/t14-/m1/s1. The molecule has 10 heteroatoms. The summed E-state index contributed by atoms with van der Waals surface area (Å²) in [5, 5.41) is 9.39. The second-order valence-electron chi connectivity index (χ2n) is 6.92. The van der Waals surface area contributed by atoms with Crippen LogP contribution < -0.4 is 0 Å². The first kappa shape index (κ1) is 19.5. The van der Waals surface area contributed by atoms with Gasteiger partial charge in [0.05, 0.1) is 17.7 Å². The van der Waals surface area contributed by atoms with Crippen molar-refractivity contribution in [2.75, 3.05) is 6.61 Å². The van der Waals surface area contributed by atoms with E-state index in [0.717, 1.165) is 12.1 Å². The van der Waals surface area contributed by atoms with E-state index in [1.54, 1.807) is 20.8 Å². The molecule has 1 fully saturated rings. The molecule has 0 bridgehead atoms. The molecule has 0 aliphatic carbocycles. The maximum absolute atomic E-state index is 12.7. The van der Waals surface area contributed by atoms with Gasteiger partial charge in [0.15, 0.2) is 0 Å². The minimum Gasteiger partial charge on any atom is -0.464 e. The molecule has 1 aliphatic rings. The Hall–Kier alpha value is -1.81. The molecule has 1 saturated heterocycles. The van der Waals surface area contributed by atoms with Crippen molar-refractivity contribution < 1.29 is 35.7 Å². The molecule has 0 radical (unpaired) electrons. The largest absolute Gasteiger partial charge is 0.464 e. The zero-order valence-corrected chi connectivity index (χ0v) is 14.6. The van der Waals surface area contributed by atoms with Crippen molar-refractivity contribution in [3.05, 3.63) is 35.4 Å². The number of rotatable bonds is 2. The number of carboxylic acid groups (broad SMARTS) is 1. The fraction of sp³-hybridized carbons (Fsp3) is 0.533. The molecule has 1 amide bonds. The molecule has 1 heterocycles. The Morgan fingerprint density at radius 3 is 2.16 bits per heavy atom. The van der Waals surface area contributed by atoms with E-state index in [4.69, 9.17) is 4.18 Å². The van der Waals surface area contributed by atoms with Gasteiger partial charge in [-0.1, -0.05) is 32.9 Å². The fourth-order valence-corrected chi connectivity index (χ4v) is 4.29. The quantitative estimate of drug-likeness (QED) is 0.850. The van der Waals surface area contributed by atoms with E-state index in [9.17, 15) is 31.5 Å². The van der Waals surface area contributed by atoms with Crippen LogP contribution in [0.5, 0.6) is 0 Å². The van der Waals surface area contributed by atoms with Gasteiger partial charge in [0.25, 0.3) is 0 Å². The number of nitrogens with zero attached hydrogens (tertiary/aromatic N) is 1. The molecular formula is C15H18F3NO5S. The predicted molar refractivity (Wildman–Crippen MR) is 82.1 cm³/mol. The molecule has 1 N–H and O–H groups in total. The lowest BCUT2D eigenvalue weighted by atomic mass is 9.70. The van der Waals surface area contributed by atoms with Gasteiger partial charge in [0.2, 0.25) is 0 Å². The molecule has 25 heavy (non-hydrogen) atoms. The molecule has 1 aromatic rings. The lowest BCUT2D eigenvalue weighted by molar-refractivity contribution is -0.137. The summed E-state index contributed by atoms with van der Waals surface area (Å²) in [7, 11) is -4.47. The smallest absolute Gasteiger partial charge is 0.423 e. The number of hydrogen-bond acceptors (Lipinski definition) is 4. The maximum atomic E-state index is 12.7. The van der Waals surface area contributed by atoms with Gasteiger partial charge in [0, 0.05) is 0 Å². The second-order valence-corrected chi connectivity index (χ2v) is 8.38. The van der Waals surface area contributed by atoms with Gasteiger partial charge < -0.3 is 5.11 Å². The zero-order valence-electron chi connectivity index (χ0n) is 13.8. The van der Waals surface area contributed by atoms with E-state index in [2.05, 4.69) is 0 Å². The zero-order chi connectivity index (χ0) is 19.3. The number of halogens is 3. The highest BCUT2D eigenvalue weighted by Crippen LogP contribution is 2.45. The van der Waals surface area contributed by atoms with Gasteiger partial charge in [-0.05, 0) is 29.5 Å². The summed E-state index contributed by atoms with van der Waals surface area (Å²) in [5.41, 5.74) is -2.81. The van der Waals surface area contributed by atoms with Crippen LogP contribution in [-0.4, -0.2) is 36.1 Å². The van der Waals surface area contributed by atoms with Crippen molar-refractivity contribution in [1.82, 2.24) is 4.31 Å². The van der Waals surface area contributed by atoms with Crippen LogP contribution in [0, 0.1) is 5.41 Å². The number of benzene rings is 1. The minimum absolute atomic E-state index is 0.111. The first-order chi connectivity index (χ1) is 11.2. The number of hydrogen-bond donors (Lipinski definition) is 1. The van der Waals surface area contributed by atoms with E-state index in [-0.39, 0.29) is 10.7 Å². The molecule has 1 aromatic carbocycles. The highest BCUT2D eigenvalue weighted by Gasteiger charge is 2.60. The molecule has 0 aromatic heterocycles. The van der Waals surface area contributed by atoms with E-state index < -0.39 is 45.7 Å². The Balaban J connectivity index is 2.49. The third-order valence-corrected chi connectivity index (χ3v) is 5.78. The molecular weight excluding hydrogens is 363 g/mol. The highest BCUT2D eigenvalue weighted by atomic mass is 32.2. The molecule has 6 nitrogen and oxygen atoms in total. The molecule has 1 aliphatic heterocycles. The summed E-state index contributed by atoms with van der Waals surface area (Å²) in [5.74, 6) is 0. The van der Waals surface area contributed by atoms with Crippen molar-refractivity contribution in [2.24, 2.45) is 5.41 Å².